The number of fused-ring (bicyclic) bond motifs is 5. The van der Waals surface area contributed by atoms with Crippen LogP contribution in [0.3, 0.4) is 0 Å². The number of hydrogen-bond donors (Lipinski definition) is 1. The van der Waals surface area contributed by atoms with Crippen LogP contribution in [0, 0.1) is 40.4 Å². The van der Waals surface area contributed by atoms with E-state index in [-0.39, 0.29) is 45.3 Å². The molecule has 1 aromatic rings. The zero-order chi connectivity index (χ0) is 24.4. The Hall–Kier alpha value is -0.980. The number of halogens is 2. The zero-order valence-electron chi connectivity index (χ0n) is 22.6. The number of pyridine rings is 1. The third-order valence-electron chi connectivity index (χ3n) is 11.5. The van der Waals surface area contributed by atoms with Crippen molar-refractivity contribution in [3.8, 4) is 0 Å². The molecule has 0 spiro atoms. The van der Waals surface area contributed by atoms with Crippen LogP contribution in [0.5, 0.6) is 0 Å². The van der Waals surface area contributed by atoms with Crippen molar-refractivity contribution in [2.45, 2.75) is 77.7 Å². The Balaban J connectivity index is 0.00000160. The SMILES string of the molecule is Br.Br.CN1CCC(C(=O)O)CC1[C@H]1CC[C@@]2(C)C(=CC[C@@H]3[C@@H]2CC[C@]2(C)C(c4cccnc4)=CC[C@@H]32)C1. The van der Waals surface area contributed by atoms with Gasteiger partial charge in [0.05, 0.1) is 5.92 Å². The van der Waals surface area contributed by atoms with Crippen molar-refractivity contribution in [2.24, 2.45) is 40.4 Å². The number of carboxylic acids is 1. The van der Waals surface area contributed by atoms with E-state index < -0.39 is 5.97 Å². The van der Waals surface area contributed by atoms with Crippen LogP contribution < -0.4 is 0 Å². The van der Waals surface area contributed by atoms with Crippen molar-refractivity contribution in [1.82, 2.24) is 9.88 Å². The average Bonchev–Trinajstić information content (AvgIpc) is 3.21. The Morgan fingerprint density at radius 1 is 1.05 bits per heavy atom. The fourth-order valence-corrected chi connectivity index (χ4v) is 9.45. The van der Waals surface area contributed by atoms with E-state index in [1.54, 1.807) is 11.1 Å². The average molecular weight is 637 g/mol. The van der Waals surface area contributed by atoms with E-state index in [0.29, 0.717) is 17.4 Å². The first-order valence-corrected chi connectivity index (χ1v) is 14.0. The molecule has 1 aliphatic heterocycles. The lowest BCUT2D eigenvalue weighted by molar-refractivity contribution is -0.144. The molecule has 0 bridgehead atoms. The molecule has 5 aliphatic rings. The number of carbonyl (C=O) groups is 1. The number of aromatic nitrogens is 1. The first-order valence-electron chi connectivity index (χ1n) is 14.0. The molecule has 4 nitrogen and oxygen atoms in total. The fourth-order valence-electron chi connectivity index (χ4n) is 9.45. The standard InChI is InChI=1S/C31H42N2O2.2BrH/c1-30-13-10-20(28-18-21(29(34)35)12-16-33(28)3)17-23(30)6-7-24-26-9-8-25(22-5-4-15-32-19-22)31(26,2)14-11-27(24)30;;/h4-6,8,15,19-21,24,26-28H,7,9-14,16-18H2,1-3H3,(H,34,35);2*1H/t20-,21?,24-,26-,27-,28?,30-,31+;;/m0../s1. The predicted octanol–water partition coefficient (Wildman–Crippen LogP) is 7.60. The summed E-state index contributed by atoms with van der Waals surface area (Å²) < 4.78 is 0. The summed E-state index contributed by atoms with van der Waals surface area (Å²) in [6.45, 7) is 6.05. The maximum atomic E-state index is 11.7. The minimum atomic E-state index is -0.593. The Morgan fingerprint density at radius 3 is 2.57 bits per heavy atom. The second kappa shape index (κ2) is 10.9. The number of carboxylic acid groups (broad SMARTS) is 1. The monoisotopic (exact) mass is 634 g/mol. The van der Waals surface area contributed by atoms with E-state index in [1.165, 1.54) is 50.5 Å². The molecule has 2 heterocycles. The topological polar surface area (TPSA) is 53.4 Å². The van der Waals surface area contributed by atoms with Gasteiger partial charge in [-0.3, -0.25) is 9.78 Å². The molecule has 6 rings (SSSR count). The summed E-state index contributed by atoms with van der Waals surface area (Å²) in [4.78, 5) is 18.6. The fraction of sp³-hybridized carbons (Fsp3) is 0.677. The molecule has 1 aromatic heterocycles. The summed E-state index contributed by atoms with van der Waals surface area (Å²) in [5.74, 6) is 2.16. The van der Waals surface area contributed by atoms with Gasteiger partial charge >= 0.3 is 5.97 Å². The molecule has 204 valence electrons. The van der Waals surface area contributed by atoms with E-state index >= 15 is 0 Å². The number of nitrogens with zero attached hydrogens (tertiary/aromatic N) is 2. The Kier molecular flexibility index (Phi) is 8.54. The highest BCUT2D eigenvalue weighted by molar-refractivity contribution is 8.93. The highest BCUT2D eigenvalue weighted by Gasteiger charge is 2.57. The van der Waals surface area contributed by atoms with Crippen LogP contribution in [0.25, 0.3) is 5.57 Å². The number of likely N-dealkylation sites (tertiary alicyclic amines) is 1. The number of allylic oxidation sites excluding steroid dienone is 4. The van der Waals surface area contributed by atoms with Crippen LogP contribution >= 0.6 is 34.0 Å². The normalized spacial score (nSPS) is 41.1. The van der Waals surface area contributed by atoms with Crippen LogP contribution in [0.4, 0.5) is 0 Å². The van der Waals surface area contributed by atoms with Crippen LogP contribution in [0.1, 0.15) is 77.2 Å². The van der Waals surface area contributed by atoms with Crippen molar-refractivity contribution in [2.75, 3.05) is 13.6 Å². The molecule has 2 unspecified atom stereocenters. The predicted molar refractivity (Wildman–Crippen MR) is 160 cm³/mol. The maximum Gasteiger partial charge on any atom is 0.306 e. The van der Waals surface area contributed by atoms with Crippen molar-refractivity contribution < 1.29 is 9.90 Å². The highest BCUT2D eigenvalue weighted by atomic mass is 79.9. The van der Waals surface area contributed by atoms with Crippen molar-refractivity contribution in [3.63, 3.8) is 0 Å². The third-order valence-corrected chi connectivity index (χ3v) is 11.5. The summed E-state index contributed by atoms with van der Waals surface area (Å²) in [5.41, 5.74) is 5.19. The smallest absolute Gasteiger partial charge is 0.306 e. The molecule has 1 saturated heterocycles. The van der Waals surface area contributed by atoms with E-state index in [1.807, 2.05) is 6.20 Å². The molecule has 37 heavy (non-hydrogen) atoms. The molecule has 1 N–H and O–H groups in total. The summed E-state index contributed by atoms with van der Waals surface area (Å²) >= 11 is 0. The number of rotatable bonds is 3. The largest absolute Gasteiger partial charge is 0.481 e. The number of aliphatic carboxylic acids is 1. The van der Waals surface area contributed by atoms with Crippen LogP contribution in [0.2, 0.25) is 0 Å². The molecule has 0 radical (unpaired) electrons. The Morgan fingerprint density at radius 2 is 1.84 bits per heavy atom. The molecule has 4 aliphatic carbocycles. The van der Waals surface area contributed by atoms with Crippen molar-refractivity contribution >= 4 is 45.5 Å². The first kappa shape index (κ1) is 29.0. The van der Waals surface area contributed by atoms with Gasteiger partial charge in [0.2, 0.25) is 0 Å². The molecule has 6 heteroatoms. The lowest BCUT2D eigenvalue weighted by Gasteiger charge is -2.58. The van der Waals surface area contributed by atoms with Gasteiger partial charge in [0, 0.05) is 18.4 Å². The minimum absolute atomic E-state index is 0. The minimum Gasteiger partial charge on any atom is -0.481 e. The van der Waals surface area contributed by atoms with Gasteiger partial charge in [-0.25, -0.2) is 0 Å². The molecule has 2 saturated carbocycles. The summed E-state index contributed by atoms with van der Waals surface area (Å²) in [5, 5.41) is 9.65. The zero-order valence-corrected chi connectivity index (χ0v) is 26.0. The number of piperidine rings is 1. The Bertz CT molecular complexity index is 1060. The van der Waals surface area contributed by atoms with Crippen LogP contribution in [-0.2, 0) is 4.79 Å². The van der Waals surface area contributed by atoms with Gasteiger partial charge < -0.3 is 10.0 Å². The lowest BCUT2D eigenvalue weighted by atomic mass is 9.46. The molecule has 8 atom stereocenters. The maximum absolute atomic E-state index is 11.7. The van der Waals surface area contributed by atoms with Gasteiger partial charge in [-0.2, -0.15) is 0 Å². The quantitative estimate of drug-likeness (QED) is 0.348. The molecule has 0 aromatic carbocycles. The van der Waals surface area contributed by atoms with Crippen molar-refractivity contribution in [1.29, 1.82) is 0 Å². The van der Waals surface area contributed by atoms with E-state index in [9.17, 15) is 9.90 Å². The summed E-state index contributed by atoms with van der Waals surface area (Å²) in [6.07, 6.45) is 19.5. The Labute approximate surface area is 243 Å². The van der Waals surface area contributed by atoms with Crippen LogP contribution in [-0.4, -0.2) is 40.6 Å². The molecule has 0 amide bonds. The van der Waals surface area contributed by atoms with Gasteiger partial charge in [-0.15, -0.1) is 34.0 Å². The second-order valence-corrected chi connectivity index (χ2v) is 12.9. The van der Waals surface area contributed by atoms with Gasteiger partial charge in [0.15, 0.2) is 0 Å². The van der Waals surface area contributed by atoms with Crippen molar-refractivity contribution in [3.05, 3.63) is 47.8 Å². The van der Waals surface area contributed by atoms with Gasteiger partial charge in [0.1, 0.15) is 0 Å². The third kappa shape index (κ3) is 4.71. The first-order chi connectivity index (χ1) is 16.8. The summed E-state index contributed by atoms with van der Waals surface area (Å²) in [7, 11) is 2.22. The lowest BCUT2D eigenvalue weighted by Crippen LogP contribution is -2.52. The second-order valence-electron chi connectivity index (χ2n) is 12.9. The highest BCUT2D eigenvalue weighted by Crippen LogP contribution is 2.66. The van der Waals surface area contributed by atoms with E-state index in [4.69, 9.17) is 0 Å². The molecular formula is C31H44Br2N2O2. The van der Waals surface area contributed by atoms with E-state index in [2.05, 4.69) is 61.3 Å². The molecular weight excluding hydrogens is 592 g/mol. The number of hydrogen-bond acceptors (Lipinski definition) is 3. The molecule has 3 fully saturated rings. The van der Waals surface area contributed by atoms with Gasteiger partial charge in [-0.05, 0) is 123 Å². The van der Waals surface area contributed by atoms with Gasteiger partial charge in [0.25, 0.3) is 0 Å². The van der Waals surface area contributed by atoms with Gasteiger partial charge in [-0.1, -0.05) is 37.6 Å². The van der Waals surface area contributed by atoms with Crippen LogP contribution in [0.15, 0.2) is 42.3 Å². The van der Waals surface area contributed by atoms with E-state index in [0.717, 1.165) is 37.1 Å². The summed E-state index contributed by atoms with van der Waals surface area (Å²) in [6, 6.07) is 4.75.